The predicted molar refractivity (Wildman–Crippen MR) is 83.1 cm³/mol. The van der Waals surface area contributed by atoms with Gasteiger partial charge >= 0.3 is 17.9 Å². The fourth-order valence-electron chi connectivity index (χ4n) is 2.21. The van der Waals surface area contributed by atoms with Crippen LogP contribution in [0.4, 0.5) is 0 Å². The van der Waals surface area contributed by atoms with Gasteiger partial charge in [-0.25, -0.2) is 4.79 Å². The first-order valence-corrected chi connectivity index (χ1v) is 7.99. The third-order valence-electron chi connectivity index (χ3n) is 3.45. The van der Waals surface area contributed by atoms with Gasteiger partial charge in [-0.2, -0.15) is 0 Å². The van der Waals surface area contributed by atoms with E-state index in [-0.39, 0.29) is 13.2 Å². The number of unbranched alkanes of at least 4 members (excludes halogenated alkanes) is 3. The van der Waals surface area contributed by atoms with E-state index in [0.29, 0.717) is 6.42 Å². The summed E-state index contributed by atoms with van der Waals surface area (Å²) in [4.78, 5) is 46.7. The van der Waals surface area contributed by atoms with E-state index in [1.54, 1.807) is 0 Å². The lowest BCUT2D eigenvalue weighted by Gasteiger charge is -2.28. The zero-order valence-corrected chi connectivity index (χ0v) is 14.4. The van der Waals surface area contributed by atoms with E-state index in [2.05, 4.69) is 4.74 Å². The van der Waals surface area contributed by atoms with Crippen LogP contribution in [0.25, 0.3) is 0 Å². The molecule has 0 aromatic carbocycles. The van der Waals surface area contributed by atoms with E-state index in [4.69, 9.17) is 4.74 Å². The minimum absolute atomic E-state index is 0.0820. The van der Waals surface area contributed by atoms with Gasteiger partial charge in [0.15, 0.2) is 11.5 Å². The van der Waals surface area contributed by atoms with Crippen LogP contribution in [-0.4, -0.2) is 52.7 Å². The lowest BCUT2D eigenvalue weighted by Crippen LogP contribution is -2.54. The molecule has 0 aromatic heterocycles. The first kappa shape index (κ1) is 22.0. The van der Waals surface area contributed by atoms with Crippen molar-refractivity contribution in [1.29, 1.82) is 0 Å². The van der Waals surface area contributed by atoms with Crippen molar-refractivity contribution in [3.63, 3.8) is 0 Å². The van der Waals surface area contributed by atoms with Gasteiger partial charge in [0, 0.05) is 0 Å². The van der Waals surface area contributed by atoms with Crippen LogP contribution in [0, 0.1) is 5.92 Å². The van der Waals surface area contributed by atoms with Crippen molar-refractivity contribution in [3.05, 3.63) is 0 Å². The number of ether oxygens (including phenoxy) is 2. The van der Waals surface area contributed by atoms with Gasteiger partial charge < -0.3 is 19.7 Å². The van der Waals surface area contributed by atoms with Gasteiger partial charge in [0.2, 0.25) is 0 Å². The Bertz CT molecular complexity index is 459. The fraction of sp³-hybridized carbons (Fsp3) is 0.750. The SMILES string of the molecule is CCCCCCOC(=O)CC(O)(C(=O)O)C(C(C)=O)C(=O)OCC. The summed E-state index contributed by atoms with van der Waals surface area (Å²) in [5.74, 6) is -6.95. The van der Waals surface area contributed by atoms with Crippen molar-refractivity contribution in [2.45, 2.75) is 58.5 Å². The molecule has 0 bridgehead atoms. The first-order chi connectivity index (χ1) is 11.2. The van der Waals surface area contributed by atoms with Crippen molar-refractivity contribution >= 4 is 23.7 Å². The van der Waals surface area contributed by atoms with Gasteiger partial charge in [0.1, 0.15) is 5.78 Å². The third-order valence-corrected chi connectivity index (χ3v) is 3.45. The van der Waals surface area contributed by atoms with Crippen LogP contribution in [0.5, 0.6) is 0 Å². The number of hydrogen-bond acceptors (Lipinski definition) is 7. The second-order valence-electron chi connectivity index (χ2n) is 5.48. The number of hydrogen-bond donors (Lipinski definition) is 2. The van der Waals surface area contributed by atoms with Gasteiger partial charge in [-0.1, -0.05) is 26.2 Å². The summed E-state index contributed by atoms with van der Waals surface area (Å²) in [6.07, 6.45) is 2.43. The minimum Gasteiger partial charge on any atom is -0.479 e. The van der Waals surface area contributed by atoms with Gasteiger partial charge in [0.05, 0.1) is 19.6 Å². The predicted octanol–water partition coefficient (Wildman–Crippen LogP) is 1.08. The van der Waals surface area contributed by atoms with Gasteiger partial charge in [-0.15, -0.1) is 0 Å². The zero-order chi connectivity index (χ0) is 18.8. The molecule has 0 aliphatic carbocycles. The molecule has 0 saturated carbocycles. The molecule has 138 valence electrons. The molecular formula is C16H26O8. The topological polar surface area (TPSA) is 127 Å². The van der Waals surface area contributed by atoms with Crippen molar-refractivity contribution in [2.24, 2.45) is 5.92 Å². The van der Waals surface area contributed by atoms with E-state index in [1.165, 1.54) is 6.92 Å². The third kappa shape index (κ3) is 6.66. The average Bonchev–Trinajstić information content (AvgIpc) is 2.46. The molecule has 0 radical (unpaired) electrons. The standard InChI is InChI=1S/C16H26O8/c1-4-6-7-8-9-24-12(18)10-16(22,15(20)21)13(11(3)17)14(19)23-5-2/h13,22H,4-10H2,1-3H3,(H,20,21). The first-order valence-electron chi connectivity index (χ1n) is 7.99. The van der Waals surface area contributed by atoms with Crippen molar-refractivity contribution in [1.82, 2.24) is 0 Å². The number of Topliss-reactive ketones (excluding diaryl/α,β-unsaturated/α-hetero) is 1. The van der Waals surface area contributed by atoms with Crippen LogP contribution in [0.15, 0.2) is 0 Å². The molecule has 0 spiro atoms. The summed E-state index contributed by atoms with van der Waals surface area (Å²) in [6, 6.07) is 0. The number of carbonyl (C=O) groups excluding carboxylic acids is 3. The molecule has 0 aliphatic rings. The highest BCUT2D eigenvalue weighted by atomic mass is 16.5. The second kappa shape index (κ2) is 10.7. The zero-order valence-electron chi connectivity index (χ0n) is 14.4. The largest absolute Gasteiger partial charge is 0.479 e. The number of esters is 2. The maximum absolute atomic E-state index is 11.8. The molecule has 24 heavy (non-hydrogen) atoms. The van der Waals surface area contributed by atoms with Gasteiger partial charge in [-0.05, 0) is 20.3 Å². The Morgan fingerprint density at radius 2 is 1.67 bits per heavy atom. The molecule has 0 fully saturated rings. The van der Waals surface area contributed by atoms with Crippen molar-refractivity contribution < 1.29 is 38.9 Å². The van der Waals surface area contributed by atoms with Crippen molar-refractivity contribution in [2.75, 3.05) is 13.2 Å². The summed E-state index contributed by atoms with van der Waals surface area (Å²) in [5, 5.41) is 19.5. The summed E-state index contributed by atoms with van der Waals surface area (Å²) in [6.45, 7) is 4.43. The molecule has 2 unspecified atom stereocenters. The highest BCUT2D eigenvalue weighted by Gasteiger charge is 2.53. The number of carboxylic acid groups (broad SMARTS) is 1. The van der Waals surface area contributed by atoms with Crippen LogP contribution in [-0.2, 0) is 28.7 Å². The van der Waals surface area contributed by atoms with Crippen LogP contribution >= 0.6 is 0 Å². The molecule has 0 rings (SSSR count). The summed E-state index contributed by atoms with van der Waals surface area (Å²) < 4.78 is 9.51. The Labute approximate surface area is 141 Å². The lowest BCUT2D eigenvalue weighted by atomic mass is 9.82. The minimum atomic E-state index is -2.90. The number of rotatable bonds is 12. The van der Waals surface area contributed by atoms with E-state index in [0.717, 1.165) is 26.2 Å². The Balaban J connectivity index is 5.01. The van der Waals surface area contributed by atoms with Crippen LogP contribution in [0.2, 0.25) is 0 Å². The Hall–Kier alpha value is -1.96. The second-order valence-corrected chi connectivity index (χ2v) is 5.48. The Morgan fingerprint density at radius 3 is 2.12 bits per heavy atom. The van der Waals surface area contributed by atoms with Crippen LogP contribution in [0.3, 0.4) is 0 Å². The summed E-state index contributed by atoms with van der Waals surface area (Å²) in [7, 11) is 0. The summed E-state index contributed by atoms with van der Waals surface area (Å²) in [5.41, 5.74) is -2.90. The fourth-order valence-corrected chi connectivity index (χ4v) is 2.21. The number of carboxylic acids is 1. The van der Waals surface area contributed by atoms with Crippen LogP contribution < -0.4 is 0 Å². The van der Waals surface area contributed by atoms with E-state index >= 15 is 0 Å². The summed E-state index contributed by atoms with van der Waals surface area (Å²) >= 11 is 0. The van der Waals surface area contributed by atoms with Crippen molar-refractivity contribution in [3.8, 4) is 0 Å². The quantitative estimate of drug-likeness (QED) is 0.305. The molecule has 0 aliphatic heterocycles. The van der Waals surface area contributed by atoms with Crippen LogP contribution in [0.1, 0.15) is 52.9 Å². The highest BCUT2D eigenvalue weighted by molar-refractivity contribution is 6.05. The number of aliphatic hydroxyl groups is 1. The molecule has 0 saturated heterocycles. The molecular weight excluding hydrogens is 320 g/mol. The van der Waals surface area contributed by atoms with E-state index < -0.39 is 41.6 Å². The smallest absolute Gasteiger partial charge is 0.337 e. The van der Waals surface area contributed by atoms with E-state index in [1.807, 2.05) is 6.92 Å². The van der Waals surface area contributed by atoms with Gasteiger partial charge in [0.25, 0.3) is 0 Å². The molecule has 0 heterocycles. The average molecular weight is 346 g/mol. The van der Waals surface area contributed by atoms with E-state index in [9.17, 15) is 29.4 Å². The highest BCUT2D eigenvalue weighted by Crippen LogP contribution is 2.26. The maximum atomic E-state index is 11.8. The molecule has 2 atom stereocenters. The number of ketones is 1. The molecule has 0 amide bonds. The monoisotopic (exact) mass is 346 g/mol. The lowest BCUT2D eigenvalue weighted by molar-refractivity contribution is -0.183. The normalized spacial score (nSPS) is 14.3. The van der Waals surface area contributed by atoms with Gasteiger partial charge in [-0.3, -0.25) is 14.4 Å². The Morgan fingerprint density at radius 1 is 1.04 bits per heavy atom. The maximum Gasteiger partial charge on any atom is 0.337 e. The molecule has 8 heteroatoms. The molecule has 2 N–H and O–H groups in total. The molecule has 0 aromatic rings. The molecule has 8 nitrogen and oxygen atoms in total. The Kier molecular flexibility index (Phi) is 9.87. The number of aliphatic carboxylic acids is 1. The number of carbonyl (C=O) groups is 4.